The topological polar surface area (TPSA) is 98.5 Å². The first-order chi connectivity index (χ1) is 14.4. The molecule has 1 atom stereocenters. The summed E-state index contributed by atoms with van der Waals surface area (Å²) < 4.78 is 35.0. The number of hydrogen-bond donors (Lipinski definition) is 1. The van der Waals surface area contributed by atoms with E-state index in [2.05, 4.69) is 27.3 Å². The average molecular weight is 538 g/mol. The van der Waals surface area contributed by atoms with E-state index in [0.29, 0.717) is 10.2 Å². The van der Waals surface area contributed by atoms with Crippen LogP contribution >= 0.6 is 22.6 Å². The summed E-state index contributed by atoms with van der Waals surface area (Å²) in [5, 5.41) is 10.8. The number of alkyl halides is 1. The third kappa shape index (κ3) is 5.15. The number of ether oxygens (including phenoxy) is 1. The Balaban J connectivity index is 1.90. The first-order valence-electron chi connectivity index (χ1n) is 8.96. The molecule has 3 aromatic rings. The number of nitro benzene ring substituents is 1. The van der Waals surface area contributed by atoms with Crippen molar-refractivity contribution in [2.45, 2.75) is 10.5 Å². The second-order valence-electron chi connectivity index (χ2n) is 6.48. The van der Waals surface area contributed by atoms with Gasteiger partial charge in [-0.3, -0.25) is 10.1 Å². The molecule has 0 spiro atoms. The molecular formula is C21H19IN2O5S. The van der Waals surface area contributed by atoms with E-state index in [1.54, 1.807) is 0 Å². The van der Waals surface area contributed by atoms with Gasteiger partial charge in [-0.15, -0.1) is 0 Å². The lowest BCUT2D eigenvalue weighted by atomic mass is 9.96. The Morgan fingerprint density at radius 1 is 0.933 bits per heavy atom. The SMILES string of the molecule is O=[N+]([O-])c1ccc(S(=O)(=O)NC[C@@](CI)(Oc2ccccc2)c2ccccc2)cc1. The van der Waals surface area contributed by atoms with Crippen molar-refractivity contribution in [1.82, 2.24) is 4.72 Å². The highest BCUT2D eigenvalue weighted by molar-refractivity contribution is 14.1. The Kier molecular flexibility index (Phi) is 7.06. The zero-order valence-electron chi connectivity index (χ0n) is 15.8. The maximum atomic E-state index is 12.8. The van der Waals surface area contributed by atoms with Gasteiger partial charge in [-0.1, -0.05) is 71.1 Å². The molecule has 7 nitrogen and oxygen atoms in total. The lowest BCUT2D eigenvalue weighted by Gasteiger charge is -2.33. The first-order valence-corrected chi connectivity index (χ1v) is 12.0. The highest BCUT2D eigenvalue weighted by atomic mass is 127. The number of rotatable bonds is 9. The molecule has 0 aliphatic carbocycles. The van der Waals surface area contributed by atoms with Gasteiger partial charge in [0.25, 0.3) is 5.69 Å². The fraction of sp³-hybridized carbons (Fsp3) is 0.143. The summed E-state index contributed by atoms with van der Waals surface area (Å²) in [7, 11) is -3.90. The van der Waals surface area contributed by atoms with Gasteiger partial charge in [0, 0.05) is 16.6 Å². The molecule has 9 heteroatoms. The second-order valence-corrected chi connectivity index (χ2v) is 9.01. The van der Waals surface area contributed by atoms with Gasteiger partial charge < -0.3 is 4.74 Å². The van der Waals surface area contributed by atoms with Crippen LogP contribution in [0.1, 0.15) is 5.56 Å². The standard InChI is InChI=1S/C21H19IN2O5S/c22-15-21(17-7-3-1-4-8-17,29-19-9-5-2-6-10-19)16-23-30(27,28)20-13-11-18(12-14-20)24(25)26/h1-14,23H,15-16H2/t21-/m1/s1. The van der Waals surface area contributed by atoms with Crippen LogP contribution in [-0.2, 0) is 15.6 Å². The predicted octanol–water partition coefficient (Wildman–Crippen LogP) is 4.28. The van der Waals surface area contributed by atoms with Gasteiger partial charge >= 0.3 is 0 Å². The normalized spacial score (nSPS) is 13.4. The van der Waals surface area contributed by atoms with Gasteiger partial charge in [-0.05, 0) is 29.8 Å². The third-order valence-electron chi connectivity index (χ3n) is 4.48. The number of non-ortho nitro benzene ring substituents is 1. The number of halogens is 1. The van der Waals surface area contributed by atoms with E-state index in [0.717, 1.165) is 17.7 Å². The van der Waals surface area contributed by atoms with Gasteiger partial charge in [0.15, 0.2) is 5.60 Å². The number of benzene rings is 3. The lowest BCUT2D eigenvalue weighted by Crippen LogP contribution is -2.46. The van der Waals surface area contributed by atoms with Crippen molar-refractivity contribution < 1.29 is 18.1 Å². The highest BCUT2D eigenvalue weighted by Gasteiger charge is 2.35. The third-order valence-corrected chi connectivity index (χ3v) is 7.13. The predicted molar refractivity (Wildman–Crippen MR) is 122 cm³/mol. The van der Waals surface area contributed by atoms with Gasteiger partial charge in [-0.2, -0.15) is 0 Å². The molecule has 30 heavy (non-hydrogen) atoms. The van der Waals surface area contributed by atoms with E-state index in [9.17, 15) is 18.5 Å². The van der Waals surface area contributed by atoms with Crippen molar-refractivity contribution in [2.75, 3.05) is 11.0 Å². The Labute approximate surface area is 188 Å². The van der Waals surface area contributed by atoms with Crippen LogP contribution in [0.2, 0.25) is 0 Å². The minimum absolute atomic E-state index is 0.0197. The Hall–Kier alpha value is -2.50. The van der Waals surface area contributed by atoms with E-state index in [-0.39, 0.29) is 17.1 Å². The van der Waals surface area contributed by atoms with Crippen LogP contribution in [0, 0.1) is 10.1 Å². The van der Waals surface area contributed by atoms with Crippen LogP contribution in [0.15, 0.2) is 89.8 Å². The Bertz CT molecular complexity index is 1090. The molecule has 0 unspecified atom stereocenters. The zero-order chi connectivity index (χ0) is 21.6. The summed E-state index contributed by atoms with van der Waals surface area (Å²) in [4.78, 5) is 10.2. The number of hydrogen-bond acceptors (Lipinski definition) is 5. The van der Waals surface area contributed by atoms with Gasteiger partial charge in [-0.25, -0.2) is 13.1 Å². The molecule has 0 amide bonds. The molecule has 0 bridgehead atoms. The highest BCUT2D eigenvalue weighted by Crippen LogP contribution is 2.31. The smallest absolute Gasteiger partial charge is 0.269 e. The first kappa shape index (κ1) is 22.2. The van der Waals surface area contributed by atoms with Crippen LogP contribution in [0.3, 0.4) is 0 Å². The fourth-order valence-electron chi connectivity index (χ4n) is 2.85. The quantitative estimate of drug-likeness (QED) is 0.190. The molecule has 3 aromatic carbocycles. The zero-order valence-corrected chi connectivity index (χ0v) is 18.7. The molecule has 0 aromatic heterocycles. The van der Waals surface area contributed by atoms with Crippen molar-refractivity contribution in [1.29, 1.82) is 0 Å². The number of sulfonamides is 1. The maximum Gasteiger partial charge on any atom is 0.269 e. The molecule has 0 fully saturated rings. The fourth-order valence-corrected chi connectivity index (χ4v) is 4.80. The molecule has 0 aliphatic heterocycles. The monoisotopic (exact) mass is 538 g/mol. The summed E-state index contributed by atoms with van der Waals surface area (Å²) in [6.45, 7) is -0.0197. The molecule has 0 saturated carbocycles. The summed E-state index contributed by atoms with van der Waals surface area (Å²) in [5.74, 6) is 0.618. The molecule has 0 heterocycles. The number of nitrogens with zero attached hydrogens (tertiary/aromatic N) is 1. The molecule has 0 aliphatic rings. The second kappa shape index (κ2) is 9.54. The number of nitrogens with one attached hydrogen (secondary N) is 1. The minimum Gasteiger partial charge on any atom is -0.480 e. The van der Waals surface area contributed by atoms with Gasteiger partial charge in [0.05, 0.1) is 16.4 Å². The van der Waals surface area contributed by atoms with Crippen molar-refractivity contribution in [3.63, 3.8) is 0 Å². The van der Waals surface area contributed by atoms with Gasteiger partial charge in [0.1, 0.15) is 5.75 Å². The Morgan fingerprint density at radius 2 is 1.50 bits per heavy atom. The van der Waals surface area contributed by atoms with E-state index in [1.807, 2.05) is 60.7 Å². The average Bonchev–Trinajstić information content (AvgIpc) is 2.78. The number of nitro groups is 1. The van der Waals surface area contributed by atoms with Crippen molar-refractivity contribution >= 4 is 38.3 Å². The van der Waals surface area contributed by atoms with Crippen molar-refractivity contribution in [2.24, 2.45) is 0 Å². The Morgan fingerprint density at radius 3 is 2.03 bits per heavy atom. The molecule has 0 radical (unpaired) electrons. The van der Waals surface area contributed by atoms with E-state index >= 15 is 0 Å². The molecule has 1 N–H and O–H groups in total. The van der Waals surface area contributed by atoms with Crippen LogP contribution in [-0.4, -0.2) is 24.3 Å². The largest absolute Gasteiger partial charge is 0.480 e. The van der Waals surface area contributed by atoms with Crippen LogP contribution < -0.4 is 9.46 Å². The molecule has 156 valence electrons. The minimum atomic E-state index is -3.90. The van der Waals surface area contributed by atoms with Gasteiger partial charge in [0.2, 0.25) is 10.0 Å². The summed E-state index contributed by atoms with van der Waals surface area (Å²) in [5.41, 5.74) is -0.293. The van der Waals surface area contributed by atoms with Crippen molar-refractivity contribution in [3.8, 4) is 5.75 Å². The lowest BCUT2D eigenvalue weighted by molar-refractivity contribution is -0.384. The maximum absolute atomic E-state index is 12.8. The molecule has 3 rings (SSSR count). The number of para-hydroxylation sites is 1. The van der Waals surface area contributed by atoms with E-state index in [4.69, 9.17) is 4.74 Å². The molecule has 0 saturated heterocycles. The summed E-state index contributed by atoms with van der Waals surface area (Å²) in [6, 6.07) is 23.4. The van der Waals surface area contributed by atoms with E-state index < -0.39 is 20.5 Å². The van der Waals surface area contributed by atoms with Crippen LogP contribution in [0.25, 0.3) is 0 Å². The van der Waals surface area contributed by atoms with Crippen LogP contribution in [0.5, 0.6) is 5.75 Å². The van der Waals surface area contributed by atoms with Crippen molar-refractivity contribution in [3.05, 3.63) is 101 Å². The van der Waals surface area contributed by atoms with Crippen LogP contribution in [0.4, 0.5) is 5.69 Å². The summed E-state index contributed by atoms with van der Waals surface area (Å²) >= 11 is 2.18. The van der Waals surface area contributed by atoms with E-state index in [1.165, 1.54) is 12.1 Å². The summed E-state index contributed by atoms with van der Waals surface area (Å²) in [6.07, 6.45) is 0. The molecular weight excluding hydrogens is 519 g/mol.